The molecule has 152 valence electrons. The van der Waals surface area contributed by atoms with Crippen molar-refractivity contribution in [2.45, 2.75) is 45.6 Å². The molecule has 0 unspecified atom stereocenters. The number of carbonyl (C=O) groups excluding carboxylic acids is 1. The molecule has 2 aromatic heterocycles. The molecule has 1 saturated carbocycles. The number of carbonyl (C=O) groups is 1. The summed E-state index contributed by atoms with van der Waals surface area (Å²) in [6.07, 6.45) is 4.20. The Morgan fingerprint density at radius 2 is 1.90 bits per heavy atom. The number of nitrogens with one attached hydrogen (secondary N) is 2. The lowest BCUT2D eigenvalue weighted by Gasteiger charge is -2.26. The molecular formula is C22H26N4O3. The van der Waals surface area contributed by atoms with Crippen LogP contribution >= 0.6 is 0 Å². The molecule has 7 heteroatoms. The summed E-state index contributed by atoms with van der Waals surface area (Å²) in [7, 11) is 1.61. The maximum atomic E-state index is 13.2. The molecule has 0 aliphatic heterocycles. The number of methoxy groups -OCH3 is 1. The van der Waals surface area contributed by atoms with Gasteiger partial charge < -0.3 is 15.0 Å². The Morgan fingerprint density at radius 3 is 2.55 bits per heavy atom. The Balaban J connectivity index is 1.78. The van der Waals surface area contributed by atoms with Crippen molar-refractivity contribution < 1.29 is 9.53 Å². The maximum absolute atomic E-state index is 13.2. The van der Waals surface area contributed by atoms with Crippen molar-refractivity contribution in [1.29, 1.82) is 0 Å². The number of hydrogen-bond donors (Lipinski definition) is 2. The van der Waals surface area contributed by atoms with E-state index in [2.05, 4.69) is 22.3 Å². The number of aryl methyl sites for hydroxylation is 1. The van der Waals surface area contributed by atoms with Gasteiger partial charge in [0, 0.05) is 17.8 Å². The van der Waals surface area contributed by atoms with Crippen LogP contribution in [-0.4, -0.2) is 33.7 Å². The molecule has 1 aliphatic carbocycles. The third kappa shape index (κ3) is 3.77. The zero-order chi connectivity index (χ0) is 20.5. The molecule has 4 rings (SSSR count). The molecule has 7 nitrogen and oxygen atoms in total. The number of benzene rings is 1. The summed E-state index contributed by atoms with van der Waals surface area (Å²) in [5.41, 5.74) is 2.70. The second-order valence-electron chi connectivity index (χ2n) is 7.92. The topological polar surface area (TPSA) is 88.5 Å². The van der Waals surface area contributed by atoms with E-state index in [4.69, 9.17) is 4.74 Å². The van der Waals surface area contributed by atoms with Crippen LogP contribution in [0.3, 0.4) is 0 Å². The van der Waals surface area contributed by atoms with Gasteiger partial charge in [0.05, 0.1) is 12.7 Å². The van der Waals surface area contributed by atoms with E-state index < -0.39 is 0 Å². The molecular weight excluding hydrogens is 368 g/mol. The zero-order valence-electron chi connectivity index (χ0n) is 17.0. The fraction of sp³-hybridized carbons (Fsp3) is 0.409. The summed E-state index contributed by atoms with van der Waals surface area (Å²) in [6.45, 7) is 4.05. The lowest BCUT2D eigenvalue weighted by atomic mass is 9.87. The number of aromatic nitrogens is 3. The van der Waals surface area contributed by atoms with Crippen LogP contribution < -0.4 is 15.6 Å². The Labute approximate surface area is 169 Å². The van der Waals surface area contributed by atoms with Crippen molar-refractivity contribution in [2.75, 3.05) is 7.11 Å². The first-order chi connectivity index (χ1) is 14.0. The number of ether oxygens (including phenoxy) is 1. The van der Waals surface area contributed by atoms with Gasteiger partial charge in [0.1, 0.15) is 11.4 Å². The first kappa shape index (κ1) is 19.2. The lowest BCUT2D eigenvalue weighted by Crippen LogP contribution is -2.37. The van der Waals surface area contributed by atoms with Gasteiger partial charge in [0.25, 0.3) is 11.5 Å². The van der Waals surface area contributed by atoms with Gasteiger partial charge in [-0.2, -0.15) is 5.10 Å². The first-order valence-electron chi connectivity index (χ1n) is 10.0. The number of hydrogen-bond acceptors (Lipinski definition) is 4. The Hall–Kier alpha value is -3.09. The number of H-pyrrole nitrogens is 1. The second kappa shape index (κ2) is 7.73. The molecule has 0 atom stereocenters. The van der Waals surface area contributed by atoms with Gasteiger partial charge in [0.2, 0.25) is 0 Å². The van der Waals surface area contributed by atoms with Crippen LogP contribution in [0.2, 0.25) is 0 Å². The molecule has 2 N–H and O–H groups in total. The molecule has 0 spiro atoms. The molecule has 0 saturated heterocycles. The van der Waals surface area contributed by atoms with Crippen LogP contribution in [0.1, 0.15) is 48.8 Å². The van der Waals surface area contributed by atoms with Crippen LogP contribution in [-0.2, 0) is 0 Å². The first-order valence-corrected chi connectivity index (χ1v) is 10.0. The number of nitrogens with zero attached hydrogens (tertiary/aromatic N) is 2. The molecule has 1 amide bonds. The Morgan fingerprint density at radius 1 is 1.21 bits per heavy atom. The molecule has 3 aromatic rings. The molecule has 0 radical (unpaired) electrons. The van der Waals surface area contributed by atoms with Crippen LogP contribution in [0, 0.1) is 12.8 Å². The molecule has 2 heterocycles. The average molecular weight is 394 g/mol. The third-order valence-electron chi connectivity index (χ3n) is 5.75. The monoisotopic (exact) mass is 394 g/mol. The van der Waals surface area contributed by atoms with Gasteiger partial charge in [0.15, 0.2) is 5.69 Å². The van der Waals surface area contributed by atoms with Crippen LogP contribution in [0.15, 0.2) is 35.1 Å². The largest absolute Gasteiger partial charge is 0.497 e. The second-order valence-corrected chi connectivity index (χ2v) is 7.92. The molecule has 0 bridgehead atoms. The number of amides is 1. The van der Waals surface area contributed by atoms with Crippen molar-refractivity contribution >= 4 is 11.6 Å². The summed E-state index contributed by atoms with van der Waals surface area (Å²) in [5.74, 6) is 1.22. The van der Waals surface area contributed by atoms with E-state index in [1.807, 2.05) is 24.3 Å². The standard InChI is InChI=1S/C22H26N4O3/c1-13-4-8-16(9-5-13)23-22(28)20-19(15-6-10-17(29-3)11-7-15)21-24-18(27)12-14(2)26(21)25-20/h6-7,10-13,16H,4-5,8-9H2,1-3H3,(H,23,28)(H,24,27). The summed E-state index contributed by atoms with van der Waals surface area (Å²) in [6, 6.07) is 9.04. The van der Waals surface area contributed by atoms with Gasteiger partial charge in [-0.1, -0.05) is 19.1 Å². The van der Waals surface area contributed by atoms with Gasteiger partial charge in [-0.05, 0) is 56.2 Å². The molecule has 1 aliphatic rings. The fourth-order valence-corrected chi connectivity index (χ4v) is 4.04. The van der Waals surface area contributed by atoms with Crippen molar-refractivity contribution in [3.05, 3.63) is 52.1 Å². The predicted octanol–water partition coefficient (Wildman–Crippen LogP) is 3.32. The van der Waals surface area contributed by atoms with Crippen LogP contribution in [0.25, 0.3) is 16.8 Å². The van der Waals surface area contributed by atoms with Gasteiger partial charge >= 0.3 is 0 Å². The smallest absolute Gasteiger partial charge is 0.272 e. The van der Waals surface area contributed by atoms with Crippen molar-refractivity contribution in [1.82, 2.24) is 19.9 Å². The highest BCUT2D eigenvalue weighted by Crippen LogP contribution is 2.30. The number of aromatic amines is 1. The maximum Gasteiger partial charge on any atom is 0.272 e. The number of rotatable bonds is 4. The summed E-state index contributed by atoms with van der Waals surface area (Å²) in [4.78, 5) is 28.1. The zero-order valence-corrected chi connectivity index (χ0v) is 17.0. The van der Waals surface area contributed by atoms with E-state index in [9.17, 15) is 9.59 Å². The lowest BCUT2D eigenvalue weighted by molar-refractivity contribution is 0.0918. The van der Waals surface area contributed by atoms with Gasteiger partial charge in [-0.25, -0.2) is 4.52 Å². The van der Waals surface area contributed by atoms with E-state index in [-0.39, 0.29) is 17.5 Å². The fourth-order valence-electron chi connectivity index (χ4n) is 4.04. The van der Waals surface area contributed by atoms with Crippen LogP contribution in [0.4, 0.5) is 0 Å². The SMILES string of the molecule is COc1ccc(-c2c(C(=O)NC3CCC(C)CC3)nn3c(C)cc(=O)[nH]c23)cc1. The van der Waals surface area contributed by atoms with Crippen molar-refractivity contribution in [3.63, 3.8) is 0 Å². The highest BCUT2D eigenvalue weighted by atomic mass is 16.5. The van der Waals surface area contributed by atoms with Gasteiger partial charge in [-0.15, -0.1) is 0 Å². The quantitative estimate of drug-likeness (QED) is 0.711. The summed E-state index contributed by atoms with van der Waals surface area (Å²) < 4.78 is 6.86. The highest BCUT2D eigenvalue weighted by Gasteiger charge is 2.26. The number of fused-ring (bicyclic) bond motifs is 1. The van der Waals surface area contributed by atoms with E-state index in [1.165, 1.54) is 6.07 Å². The third-order valence-corrected chi connectivity index (χ3v) is 5.75. The van der Waals surface area contributed by atoms with Crippen LogP contribution in [0.5, 0.6) is 5.75 Å². The normalized spacial score (nSPS) is 19.3. The van der Waals surface area contributed by atoms with Crippen molar-refractivity contribution in [3.8, 4) is 16.9 Å². The summed E-state index contributed by atoms with van der Waals surface area (Å²) >= 11 is 0. The molecule has 1 aromatic carbocycles. The molecule has 1 fully saturated rings. The minimum absolute atomic E-state index is 0.160. The predicted molar refractivity (Wildman–Crippen MR) is 111 cm³/mol. The summed E-state index contributed by atoms with van der Waals surface area (Å²) in [5, 5.41) is 7.71. The minimum atomic E-state index is -0.224. The average Bonchev–Trinajstić information content (AvgIpc) is 3.09. The Bertz CT molecular complexity index is 1090. The van der Waals surface area contributed by atoms with Crippen molar-refractivity contribution in [2.24, 2.45) is 5.92 Å². The highest BCUT2D eigenvalue weighted by molar-refractivity contribution is 6.02. The van der Waals surface area contributed by atoms with E-state index >= 15 is 0 Å². The Kier molecular flexibility index (Phi) is 5.13. The van der Waals surface area contributed by atoms with E-state index in [1.54, 1.807) is 18.5 Å². The van der Waals surface area contributed by atoms with E-state index in [0.29, 0.717) is 28.5 Å². The molecule has 29 heavy (non-hydrogen) atoms. The minimum Gasteiger partial charge on any atom is -0.497 e. The van der Waals surface area contributed by atoms with E-state index in [0.717, 1.165) is 37.0 Å². The van der Waals surface area contributed by atoms with Gasteiger partial charge in [-0.3, -0.25) is 9.59 Å².